The van der Waals surface area contributed by atoms with E-state index in [-0.39, 0.29) is 41.0 Å². The van der Waals surface area contributed by atoms with Gasteiger partial charge in [0.2, 0.25) is 0 Å². The van der Waals surface area contributed by atoms with Gasteiger partial charge in [-0.3, -0.25) is 4.79 Å². The number of ether oxygens (including phenoxy) is 1. The number of hydrogen-bond acceptors (Lipinski definition) is 8. The summed E-state index contributed by atoms with van der Waals surface area (Å²) in [6, 6.07) is 0. The molecule has 0 aromatic carbocycles. The fourth-order valence-corrected chi connectivity index (χ4v) is 12.1. The van der Waals surface area contributed by atoms with E-state index in [1.807, 2.05) is 10.9 Å². The number of aliphatic hydroxyl groups excluding tert-OH is 2. The maximum absolute atomic E-state index is 13.3. The molecule has 5 saturated carbocycles. The SMILES string of the molecule is CC(=O)OC1CC2(C)[C@@H](C[C@@H](O)[C@H]3C4(C)CC[C@@H](O)[C@](C)(n5cc(CN)nn5)[C@@H]4CCC32C)/C1=C(/C(=O)O)C1CCCC(=C(C)C)C1. The molecule has 0 amide bonds. The Morgan fingerprint density at radius 1 is 1.06 bits per heavy atom. The van der Waals surface area contributed by atoms with Crippen LogP contribution < -0.4 is 5.73 Å². The zero-order valence-electron chi connectivity index (χ0n) is 29.4. The van der Waals surface area contributed by atoms with Crippen LogP contribution in [-0.2, 0) is 26.4 Å². The molecule has 10 nitrogen and oxygen atoms in total. The third-order valence-corrected chi connectivity index (χ3v) is 14.5. The van der Waals surface area contributed by atoms with Gasteiger partial charge in [0.05, 0.1) is 29.6 Å². The summed E-state index contributed by atoms with van der Waals surface area (Å²) in [5.74, 6) is -1.82. The van der Waals surface area contributed by atoms with Crippen LogP contribution >= 0.6 is 0 Å². The van der Waals surface area contributed by atoms with Gasteiger partial charge in [0.25, 0.3) is 0 Å². The Hall–Kier alpha value is -2.56. The number of nitrogens with zero attached hydrogens (tertiary/aromatic N) is 3. The maximum atomic E-state index is 13.3. The number of rotatable bonds is 5. The molecule has 0 bridgehead atoms. The molecule has 10 heteroatoms. The van der Waals surface area contributed by atoms with Crippen molar-refractivity contribution in [2.24, 2.45) is 45.7 Å². The predicted molar refractivity (Wildman–Crippen MR) is 177 cm³/mol. The number of fused-ring (bicyclic) bond motifs is 5. The minimum atomic E-state index is -0.930. The van der Waals surface area contributed by atoms with Crippen LogP contribution in [0.2, 0.25) is 0 Å². The molecule has 0 spiro atoms. The Kier molecular flexibility index (Phi) is 8.61. The standard InChI is InChI=1S/C37H56N4O6/c1-20(2)22-9-8-10-23(15-22)30(33(45)46)31-25-16-26(43)32-34(4)13-12-29(44)37(7,41-19-24(18-38)39-40-41)28(34)11-14-35(32,5)36(25,6)17-27(31)47-21(3)42/h19,23,25-29,32,43-44H,8-18,38H2,1-7H3,(H,45,46)/b31-30-/t23?,25-,26+,27?,28+,29+,32-,34?,35?,36?,37+/m0/s1. The van der Waals surface area contributed by atoms with Crippen molar-refractivity contribution in [3.63, 3.8) is 0 Å². The third-order valence-electron chi connectivity index (χ3n) is 14.5. The summed E-state index contributed by atoms with van der Waals surface area (Å²) in [4.78, 5) is 25.9. The van der Waals surface area contributed by atoms with Gasteiger partial charge >= 0.3 is 11.9 Å². The zero-order chi connectivity index (χ0) is 34.3. The average Bonchev–Trinajstić information content (AvgIpc) is 3.59. The van der Waals surface area contributed by atoms with Crippen LogP contribution in [0.1, 0.15) is 118 Å². The van der Waals surface area contributed by atoms with Crippen molar-refractivity contribution in [2.75, 3.05) is 0 Å². The molecule has 1 heterocycles. The van der Waals surface area contributed by atoms with E-state index >= 15 is 0 Å². The molecule has 0 saturated heterocycles. The second-order valence-corrected chi connectivity index (χ2v) is 16.8. The molecule has 47 heavy (non-hydrogen) atoms. The zero-order valence-corrected chi connectivity index (χ0v) is 29.4. The van der Waals surface area contributed by atoms with E-state index in [0.717, 1.165) is 44.1 Å². The summed E-state index contributed by atoms with van der Waals surface area (Å²) in [5, 5.41) is 43.6. The lowest BCUT2D eigenvalue weighted by molar-refractivity contribution is -0.249. The molecule has 1 aromatic heterocycles. The van der Waals surface area contributed by atoms with E-state index in [1.165, 1.54) is 18.1 Å². The lowest BCUT2D eigenvalue weighted by Crippen LogP contribution is -2.69. The molecule has 0 aliphatic heterocycles. The lowest BCUT2D eigenvalue weighted by Gasteiger charge is -2.70. The minimum Gasteiger partial charge on any atom is -0.478 e. The third kappa shape index (κ3) is 4.98. The fourth-order valence-electron chi connectivity index (χ4n) is 12.1. The molecule has 5 aliphatic carbocycles. The molecule has 11 atom stereocenters. The number of aromatic nitrogens is 3. The minimum absolute atomic E-state index is 0.0129. The van der Waals surface area contributed by atoms with Crippen LogP contribution in [0.4, 0.5) is 0 Å². The second kappa shape index (κ2) is 11.8. The number of hydrogen-bond donors (Lipinski definition) is 4. The average molecular weight is 653 g/mol. The number of carboxylic acids is 1. The summed E-state index contributed by atoms with van der Waals surface area (Å²) >= 11 is 0. The van der Waals surface area contributed by atoms with Crippen molar-refractivity contribution in [2.45, 2.75) is 143 Å². The molecule has 0 radical (unpaired) electrons. The van der Waals surface area contributed by atoms with Gasteiger partial charge in [-0.05, 0) is 130 Å². The Morgan fingerprint density at radius 2 is 1.79 bits per heavy atom. The van der Waals surface area contributed by atoms with E-state index in [2.05, 4.69) is 51.9 Å². The van der Waals surface area contributed by atoms with Crippen molar-refractivity contribution in [1.29, 1.82) is 0 Å². The van der Waals surface area contributed by atoms with Gasteiger partial charge in [-0.25, -0.2) is 9.48 Å². The molecule has 260 valence electrons. The van der Waals surface area contributed by atoms with Crippen LogP contribution in [0, 0.1) is 39.9 Å². The molecule has 5 unspecified atom stereocenters. The molecular weight excluding hydrogens is 596 g/mol. The van der Waals surface area contributed by atoms with Crippen molar-refractivity contribution < 1.29 is 29.6 Å². The van der Waals surface area contributed by atoms with Gasteiger partial charge in [-0.15, -0.1) is 5.10 Å². The fraction of sp³-hybridized carbons (Fsp3) is 0.784. The van der Waals surface area contributed by atoms with Gasteiger partial charge in [-0.2, -0.15) is 0 Å². The van der Waals surface area contributed by atoms with Crippen molar-refractivity contribution in [3.8, 4) is 0 Å². The highest BCUT2D eigenvalue weighted by Crippen LogP contribution is 2.75. The monoisotopic (exact) mass is 652 g/mol. The number of esters is 1. The highest BCUT2D eigenvalue weighted by Gasteiger charge is 2.72. The highest BCUT2D eigenvalue weighted by molar-refractivity contribution is 5.89. The summed E-state index contributed by atoms with van der Waals surface area (Å²) in [6.07, 6.45) is 7.19. The Bertz CT molecular complexity index is 1500. The van der Waals surface area contributed by atoms with E-state index in [9.17, 15) is 24.9 Å². The first-order chi connectivity index (χ1) is 22.0. The van der Waals surface area contributed by atoms with Crippen LogP contribution in [0.3, 0.4) is 0 Å². The highest BCUT2D eigenvalue weighted by atomic mass is 16.5. The van der Waals surface area contributed by atoms with Crippen molar-refractivity contribution in [1.82, 2.24) is 15.0 Å². The summed E-state index contributed by atoms with van der Waals surface area (Å²) in [5.41, 5.74) is 8.41. The lowest BCUT2D eigenvalue weighted by atomic mass is 9.35. The molecule has 5 fully saturated rings. The number of carbonyl (C=O) groups excluding carboxylic acids is 1. The Balaban J connectivity index is 1.46. The van der Waals surface area contributed by atoms with Gasteiger partial charge in [0.1, 0.15) is 6.10 Å². The Labute approximate surface area is 279 Å². The van der Waals surface area contributed by atoms with E-state index in [4.69, 9.17) is 10.5 Å². The molecule has 1 aromatic rings. The maximum Gasteiger partial charge on any atom is 0.331 e. The second-order valence-electron chi connectivity index (χ2n) is 16.8. The largest absolute Gasteiger partial charge is 0.478 e. The number of aliphatic carboxylic acids is 1. The molecule has 5 N–H and O–H groups in total. The summed E-state index contributed by atoms with van der Waals surface area (Å²) in [6.45, 7) is 14.8. The summed E-state index contributed by atoms with van der Waals surface area (Å²) in [7, 11) is 0. The van der Waals surface area contributed by atoms with Gasteiger partial charge in [0, 0.05) is 19.0 Å². The molecular formula is C37H56N4O6. The first-order valence-corrected chi connectivity index (χ1v) is 17.8. The van der Waals surface area contributed by atoms with Crippen LogP contribution in [0.25, 0.3) is 0 Å². The summed E-state index contributed by atoms with van der Waals surface area (Å²) < 4.78 is 7.89. The molecule has 6 rings (SSSR count). The number of carbonyl (C=O) groups is 2. The van der Waals surface area contributed by atoms with Crippen molar-refractivity contribution in [3.05, 3.63) is 34.2 Å². The van der Waals surface area contributed by atoms with Crippen LogP contribution in [0.5, 0.6) is 0 Å². The number of allylic oxidation sites excluding steroid dienone is 2. The number of carboxylic acid groups (broad SMARTS) is 1. The predicted octanol–water partition coefficient (Wildman–Crippen LogP) is 5.28. The van der Waals surface area contributed by atoms with Gasteiger partial charge in [0.15, 0.2) is 0 Å². The number of aliphatic hydroxyl groups is 2. The topological polar surface area (TPSA) is 161 Å². The molecule has 5 aliphatic rings. The number of nitrogens with two attached hydrogens (primary N) is 1. The quantitative estimate of drug-likeness (QED) is 0.189. The van der Waals surface area contributed by atoms with E-state index in [0.29, 0.717) is 37.0 Å². The first-order valence-electron chi connectivity index (χ1n) is 17.8. The van der Waals surface area contributed by atoms with Gasteiger partial charge < -0.3 is 25.8 Å². The van der Waals surface area contributed by atoms with E-state index < -0.39 is 41.2 Å². The Morgan fingerprint density at radius 3 is 2.40 bits per heavy atom. The van der Waals surface area contributed by atoms with E-state index in [1.54, 1.807) is 0 Å². The van der Waals surface area contributed by atoms with Crippen LogP contribution in [-0.4, -0.2) is 60.6 Å². The van der Waals surface area contributed by atoms with Gasteiger partial charge in [-0.1, -0.05) is 37.1 Å². The van der Waals surface area contributed by atoms with Crippen LogP contribution in [0.15, 0.2) is 28.5 Å². The first kappa shape index (κ1) is 34.3. The smallest absolute Gasteiger partial charge is 0.331 e. The normalized spacial score (nSPS) is 44.2. The van der Waals surface area contributed by atoms with Crippen molar-refractivity contribution >= 4 is 11.9 Å².